The lowest BCUT2D eigenvalue weighted by atomic mass is 10.1. The third-order valence-corrected chi connectivity index (χ3v) is 2.52. The van der Waals surface area contributed by atoms with Crippen molar-refractivity contribution < 1.29 is 19.4 Å². The number of carbonyl (C=O) groups excluding carboxylic acids is 1. The molecule has 6 heteroatoms. The van der Waals surface area contributed by atoms with Crippen molar-refractivity contribution in [3.8, 4) is 0 Å². The molecule has 0 radical (unpaired) electrons. The van der Waals surface area contributed by atoms with Gasteiger partial charge in [0.25, 0.3) is 0 Å². The van der Waals surface area contributed by atoms with Crippen molar-refractivity contribution in [3.63, 3.8) is 0 Å². The van der Waals surface area contributed by atoms with Crippen LogP contribution in [0.2, 0.25) is 0 Å². The van der Waals surface area contributed by atoms with E-state index < -0.39 is 11.5 Å². The van der Waals surface area contributed by atoms with Gasteiger partial charge in [-0.05, 0) is 31.5 Å². The summed E-state index contributed by atoms with van der Waals surface area (Å²) >= 11 is 0. The number of ether oxygens (including phenoxy) is 1. The van der Waals surface area contributed by atoms with Crippen LogP contribution >= 0.6 is 0 Å². The van der Waals surface area contributed by atoms with Gasteiger partial charge in [-0.3, -0.25) is 4.79 Å². The summed E-state index contributed by atoms with van der Waals surface area (Å²) in [5.74, 6) is -0.884. The Balaban J connectivity index is 2.56. The van der Waals surface area contributed by atoms with Crippen LogP contribution in [0, 0.1) is 0 Å². The molecular formula is C14H20N2O4. The third kappa shape index (κ3) is 5.71. The topological polar surface area (TPSA) is 87.7 Å². The number of amides is 2. The van der Waals surface area contributed by atoms with E-state index in [1.165, 1.54) is 0 Å². The molecule has 0 unspecified atom stereocenters. The lowest BCUT2D eigenvalue weighted by Gasteiger charge is -2.25. The summed E-state index contributed by atoms with van der Waals surface area (Å²) in [6.45, 7) is 4.11. The molecule has 0 aromatic heterocycles. The molecule has 0 aliphatic carbocycles. The average Bonchev–Trinajstić information content (AvgIpc) is 2.29. The molecule has 0 bridgehead atoms. The zero-order chi connectivity index (χ0) is 15.2. The molecule has 1 rings (SSSR count). The van der Waals surface area contributed by atoms with Gasteiger partial charge in [-0.15, -0.1) is 0 Å². The van der Waals surface area contributed by atoms with Crippen LogP contribution in [0.3, 0.4) is 0 Å². The summed E-state index contributed by atoms with van der Waals surface area (Å²) in [7, 11) is 1.57. The molecule has 0 spiro atoms. The number of nitrogens with one attached hydrogen (secondary N) is 2. The number of rotatable bonds is 6. The van der Waals surface area contributed by atoms with E-state index in [4.69, 9.17) is 9.84 Å². The van der Waals surface area contributed by atoms with E-state index in [-0.39, 0.29) is 12.5 Å². The Morgan fingerprint density at radius 3 is 2.35 bits per heavy atom. The third-order valence-electron chi connectivity index (χ3n) is 2.52. The zero-order valence-electron chi connectivity index (χ0n) is 11.9. The fourth-order valence-electron chi connectivity index (χ4n) is 1.75. The lowest BCUT2D eigenvalue weighted by Crippen LogP contribution is -2.48. The number of benzene rings is 1. The van der Waals surface area contributed by atoms with Gasteiger partial charge in [0.1, 0.15) is 0 Å². The quantitative estimate of drug-likeness (QED) is 0.742. The number of aliphatic carboxylic acids is 1. The molecule has 0 saturated carbocycles. The molecule has 20 heavy (non-hydrogen) atoms. The highest BCUT2D eigenvalue weighted by Gasteiger charge is 2.20. The van der Waals surface area contributed by atoms with Crippen LogP contribution in [-0.4, -0.2) is 36.4 Å². The molecule has 0 aliphatic heterocycles. The first-order chi connectivity index (χ1) is 9.32. The minimum Gasteiger partial charge on any atom is -0.481 e. The lowest BCUT2D eigenvalue weighted by molar-refractivity contribution is -0.136. The SMILES string of the molecule is COCC(C)(C)NC(=O)Nc1ccc(CC(=O)O)cc1. The Morgan fingerprint density at radius 2 is 1.85 bits per heavy atom. The van der Waals surface area contributed by atoms with Crippen molar-refractivity contribution in [2.45, 2.75) is 25.8 Å². The summed E-state index contributed by atoms with van der Waals surface area (Å²) < 4.78 is 5.01. The van der Waals surface area contributed by atoms with E-state index in [2.05, 4.69) is 10.6 Å². The number of urea groups is 1. The average molecular weight is 280 g/mol. The van der Waals surface area contributed by atoms with Gasteiger partial charge in [-0.2, -0.15) is 0 Å². The monoisotopic (exact) mass is 280 g/mol. The van der Waals surface area contributed by atoms with Crippen LogP contribution < -0.4 is 10.6 Å². The molecule has 1 aromatic carbocycles. The van der Waals surface area contributed by atoms with Gasteiger partial charge in [-0.1, -0.05) is 12.1 Å². The second-order valence-corrected chi connectivity index (χ2v) is 5.16. The molecule has 110 valence electrons. The minimum absolute atomic E-state index is 0.0344. The second kappa shape index (κ2) is 6.91. The van der Waals surface area contributed by atoms with E-state index in [1.807, 2.05) is 13.8 Å². The molecule has 1 aromatic rings. The standard InChI is InChI=1S/C14H20N2O4/c1-14(2,9-20-3)16-13(19)15-11-6-4-10(5-7-11)8-12(17)18/h4-7H,8-9H2,1-3H3,(H,17,18)(H2,15,16,19). The van der Waals surface area contributed by atoms with E-state index in [0.29, 0.717) is 17.9 Å². The fraction of sp³-hybridized carbons (Fsp3) is 0.429. The fourth-order valence-corrected chi connectivity index (χ4v) is 1.75. The number of carboxylic acid groups (broad SMARTS) is 1. The molecular weight excluding hydrogens is 260 g/mol. The Labute approximate surface area is 118 Å². The molecule has 6 nitrogen and oxygen atoms in total. The highest BCUT2D eigenvalue weighted by atomic mass is 16.5. The van der Waals surface area contributed by atoms with Crippen molar-refractivity contribution >= 4 is 17.7 Å². The van der Waals surface area contributed by atoms with Crippen molar-refractivity contribution in [2.24, 2.45) is 0 Å². The van der Waals surface area contributed by atoms with Gasteiger partial charge < -0.3 is 20.5 Å². The van der Waals surface area contributed by atoms with Crippen LogP contribution in [0.1, 0.15) is 19.4 Å². The molecule has 0 fully saturated rings. The van der Waals surface area contributed by atoms with Gasteiger partial charge in [0.05, 0.1) is 18.6 Å². The molecule has 0 atom stereocenters. The molecule has 0 heterocycles. The molecule has 0 aliphatic rings. The predicted octanol–water partition coefficient (Wildman–Crippen LogP) is 1.86. The van der Waals surface area contributed by atoms with E-state index in [1.54, 1.807) is 31.4 Å². The first-order valence-corrected chi connectivity index (χ1v) is 6.21. The largest absolute Gasteiger partial charge is 0.481 e. The van der Waals surface area contributed by atoms with Crippen molar-refractivity contribution in [1.29, 1.82) is 0 Å². The molecule has 2 amide bonds. The van der Waals surface area contributed by atoms with Crippen LogP contribution in [0.15, 0.2) is 24.3 Å². The maximum absolute atomic E-state index is 11.8. The van der Waals surface area contributed by atoms with E-state index in [0.717, 1.165) is 0 Å². The summed E-state index contributed by atoms with van der Waals surface area (Å²) in [5, 5.41) is 14.1. The minimum atomic E-state index is -0.884. The highest BCUT2D eigenvalue weighted by molar-refractivity contribution is 5.89. The second-order valence-electron chi connectivity index (χ2n) is 5.16. The van der Waals surface area contributed by atoms with Gasteiger partial charge in [0.2, 0.25) is 0 Å². The normalized spacial score (nSPS) is 10.9. The number of carbonyl (C=O) groups is 2. The van der Waals surface area contributed by atoms with Crippen LogP contribution in [0.25, 0.3) is 0 Å². The number of carboxylic acids is 1. The first kappa shape index (κ1) is 16.0. The summed E-state index contributed by atoms with van der Waals surface area (Å²) in [5.41, 5.74) is 0.815. The Morgan fingerprint density at radius 1 is 1.25 bits per heavy atom. The summed E-state index contributed by atoms with van der Waals surface area (Å²) in [4.78, 5) is 22.4. The van der Waals surface area contributed by atoms with Gasteiger partial charge in [0, 0.05) is 12.8 Å². The number of anilines is 1. The molecule has 3 N–H and O–H groups in total. The van der Waals surface area contributed by atoms with Crippen molar-refractivity contribution in [2.75, 3.05) is 19.0 Å². The first-order valence-electron chi connectivity index (χ1n) is 6.21. The number of hydrogen-bond donors (Lipinski definition) is 3. The zero-order valence-corrected chi connectivity index (χ0v) is 11.9. The van der Waals surface area contributed by atoms with Gasteiger partial charge in [-0.25, -0.2) is 4.79 Å². The Hall–Kier alpha value is -2.08. The maximum atomic E-state index is 11.8. The van der Waals surface area contributed by atoms with Gasteiger partial charge >= 0.3 is 12.0 Å². The van der Waals surface area contributed by atoms with Gasteiger partial charge in [0.15, 0.2) is 0 Å². The Kier molecular flexibility index (Phi) is 5.52. The van der Waals surface area contributed by atoms with E-state index in [9.17, 15) is 9.59 Å². The Bertz CT molecular complexity index is 469. The summed E-state index contributed by atoms with van der Waals surface area (Å²) in [6, 6.07) is 6.34. The maximum Gasteiger partial charge on any atom is 0.319 e. The van der Waals surface area contributed by atoms with Crippen LogP contribution in [0.5, 0.6) is 0 Å². The van der Waals surface area contributed by atoms with Crippen molar-refractivity contribution in [1.82, 2.24) is 5.32 Å². The highest BCUT2D eigenvalue weighted by Crippen LogP contribution is 2.11. The number of methoxy groups -OCH3 is 1. The van der Waals surface area contributed by atoms with E-state index >= 15 is 0 Å². The van der Waals surface area contributed by atoms with Crippen LogP contribution in [-0.2, 0) is 16.0 Å². The van der Waals surface area contributed by atoms with Crippen LogP contribution in [0.4, 0.5) is 10.5 Å². The molecule has 0 saturated heterocycles. The smallest absolute Gasteiger partial charge is 0.319 e. The summed E-state index contributed by atoms with van der Waals surface area (Å²) in [6.07, 6.45) is -0.0344. The predicted molar refractivity (Wildman–Crippen MR) is 75.9 cm³/mol. The number of hydrogen-bond acceptors (Lipinski definition) is 3. The van der Waals surface area contributed by atoms with Crippen molar-refractivity contribution in [3.05, 3.63) is 29.8 Å².